The maximum Gasteiger partial charge on any atom is 0.225 e. The molecule has 0 rings (SSSR count). The Balaban J connectivity index is 3.60. The second-order valence-corrected chi connectivity index (χ2v) is 4.42. The highest BCUT2D eigenvalue weighted by molar-refractivity contribution is 5.81. The monoisotopic (exact) mass is 200 g/mol. The molecule has 0 bridgehead atoms. The fraction of sp³-hybridized carbons (Fsp3) is 0.909. The van der Waals surface area contributed by atoms with Gasteiger partial charge in [0.05, 0.1) is 0 Å². The van der Waals surface area contributed by atoms with Crippen molar-refractivity contribution in [3.8, 4) is 0 Å². The van der Waals surface area contributed by atoms with Crippen LogP contribution in [0.5, 0.6) is 0 Å². The molecule has 0 fully saturated rings. The summed E-state index contributed by atoms with van der Waals surface area (Å²) in [5.41, 5.74) is 5.18. The first kappa shape index (κ1) is 13.4. The van der Waals surface area contributed by atoms with Crippen LogP contribution in [0.1, 0.15) is 46.0 Å². The first-order valence-electron chi connectivity index (χ1n) is 5.47. The minimum absolute atomic E-state index is 0.135. The number of nitrogens with one attached hydrogen (secondary N) is 1. The lowest BCUT2D eigenvalue weighted by atomic mass is 9.86. The molecule has 0 aliphatic carbocycles. The van der Waals surface area contributed by atoms with E-state index in [-0.39, 0.29) is 11.3 Å². The highest BCUT2D eigenvalue weighted by atomic mass is 16.2. The van der Waals surface area contributed by atoms with Gasteiger partial charge in [0, 0.05) is 12.5 Å². The van der Waals surface area contributed by atoms with Crippen LogP contribution in [-0.2, 0) is 4.79 Å². The van der Waals surface area contributed by atoms with Crippen molar-refractivity contribution in [3.05, 3.63) is 0 Å². The average molecular weight is 200 g/mol. The molecule has 0 aliphatic rings. The smallest absolute Gasteiger partial charge is 0.225 e. The van der Waals surface area contributed by atoms with Gasteiger partial charge in [-0.25, -0.2) is 0 Å². The molecule has 0 aliphatic heterocycles. The van der Waals surface area contributed by atoms with Gasteiger partial charge in [-0.05, 0) is 19.4 Å². The summed E-state index contributed by atoms with van der Waals surface area (Å²) in [6, 6.07) is 0. The summed E-state index contributed by atoms with van der Waals surface area (Å²) in [5.74, 6) is 0.135. The highest BCUT2D eigenvalue weighted by Gasteiger charge is 2.25. The van der Waals surface area contributed by atoms with Crippen molar-refractivity contribution in [3.63, 3.8) is 0 Å². The van der Waals surface area contributed by atoms with Crippen LogP contribution in [-0.4, -0.2) is 19.5 Å². The molecule has 0 aromatic rings. The van der Waals surface area contributed by atoms with Gasteiger partial charge in [0.1, 0.15) is 0 Å². The van der Waals surface area contributed by atoms with Gasteiger partial charge in [-0.15, -0.1) is 0 Å². The molecule has 84 valence electrons. The van der Waals surface area contributed by atoms with Gasteiger partial charge in [0.15, 0.2) is 0 Å². The van der Waals surface area contributed by atoms with Crippen LogP contribution in [0.2, 0.25) is 0 Å². The number of rotatable bonds is 7. The molecule has 0 unspecified atom stereocenters. The average Bonchev–Trinajstić information content (AvgIpc) is 2.16. The van der Waals surface area contributed by atoms with E-state index >= 15 is 0 Å². The van der Waals surface area contributed by atoms with Crippen LogP contribution in [0.15, 0.2) is 0 Å². The van der Waals surface area contributed by atoms with E-state index in [2.05, 4.69) is 5.32 Å². The van der Waals surface area contributed by atoms with Crippen molar-refractivity contribution in [1.82, 2.24) is 5.32 Å². The molecule has 3 nitrogen and oxygen atoms in total. The van der Waals surface area contributed by atoms with E-state index in [0.29, 0.717) is 0 Å². The summed E-state index contributed by atoms with van der Waals surface area (Å²) in [6.45, 7) is 4.77. The Labute approximate surface area is 87.4 Å². The fourth-order valence-corrected chi connectivity index (χ4v) is 1.52. The molecule has 0 heterocycles. The second kappa shape index (κ2) is 6.82. The van der Waals surface area contributed by atoms with Crippen molar-refractivity contribution in [2.24, 2.45) is 11.1 Å². The third-order valence-corrected chi connectivity index (χ3v) is 2.60. The molecule has 0 saturated carbocycles. The predicted octanol–water partition coefficient (Wildman–Crippen LogP) is 1.67. The first-order chi connectivity index (χ1) is 6.54. The van der Waals surface area contributed by atoms with Crippen LogP contribution in [0.25, 0.3) is 0 Å². The van der Waals surface area contributed by atoms with E-state index < -0.39 is 0 Å². The number of hydrogen-bond donors (Lipinski definition) is 2. The highest BCUT2D eigenvalue weighted by Crippen LogP contribution is 2.23. The zero-order valence-corrected chi connectivity index (χ0v) is 9.73. The third kappa shape index (κ3) is 5.22. The summed E-state index contributed by atoms with van der Waals surface area (Å²) in [4.78, 5) is 11.4. The largest absolute Gasteiger partial charge is 0.359 e. The Bertz CT molecular complexity index is 167. The van der Waals surface area contributed by atoms with Crippen LogP contribution >= 0.6 is 0 Å². The van der Waals surface area contributed by atoms with E-state index in [1.54, 1.807) is 7.05 Å². The van der Waals surface area contributed by atoms with Gasteiger partial charge in [0.25, 0.3) is 0 Å². The summed E-state index contributed by atoms with van der Waals surface area (Å²) in [7, 11) is 1.69. The van der Waals surface area contributed by atoms with Gasteiger partial charge < -0.3 is 11.1 Å². The van der Waals surface area contributed by atoms with Gasteiger partial charge >= 0.3 is 0 Å². The number of amides is 1. The maximum atomic E-state index is 11.4. The lowest BCUT2D eigenvalue weighted by Crippen LogP contribution is -2.34. The normalized spacial score (nSPS) is 11.4. The summed E-state index contributed by atoms with van der Waals surface area (Å²) in [6.07, 6.45) is 5.52. The second-order valence-electron chi connectivity index (χ2n) is 4.42. The summed E-state index contributed by atoms with van der Waals surface area (Å²) < 4.78 is 0. The molecule has 0 spiro atoms. The number of carbonyl (C=O) groups excluding carboxylic acids is 1. The number of hydrogen-bond acceptors (Lipinski definition) is 2. The fourth-order valence-electron chi connectivity index (χ4n) is 1.52. The van der Waals surface area contributed by atoms with Crippen molar-refractivity contribution in [2.45, 2.75) is 46.0 Å². The molecule has 0 aromatic heterocycles. The van der Waals surface area contributed by atoms with Gasteiger partial charge in [-0.1, -0.05) is 33.1 Å². The quantitative estimate of drug-likeness (QED) is 0.614. The van der Waals surface area contributed by atoms with E-state index in [1.807, 2.05) is 13.8 Å². The zero-order valence-electron chi connectivity index (χ0n) is 9.73. The van der Waals surface area contributed by atoms with E-state index in [1.165, 1.54) is 12.8 Å². The number of carbonyl (C=O) groups is 1. The number of unbranched alkanes of at least 4 members (excludes halogenated alkanes) is 3. The molecule has 3 heteroatoms. The summed E-state index contributed by atoms with van der Waals surface area (Å²) in [5, 5.41) is 2.70. The summed E-state index contributed by atoms with van der Waals surface area (Å²) >= 11 is 0. The molecule has 0 saturated heterocycles. The molecule has 0 atom stereocenters. The standard InChI is InChI=1S/C11H24N2O/c1-11(2,10(14)13-3)8-6-4-5-7-9-12/h4-9,12H2,1-3H3,(H,13,14). The Morgan fingerprint density at radius 2 is 1.79 bits per heavy atom. The first-order valence-corrected chi connectivity index (χ1v) is 5.47. The van der Waals surface area contributed by atoms with Crippen LogP contribution in [0, 0.1) is 5.41 Å². The van der Waals surface area contributed by atoms with Crippen LogP contribution in [0.4, 0.5) is 0 Å². The van der Waals surface area contributed by atoms with Crippen molar-refractivity contribution in [2.75, 3.05) is 13.6 Å². The van der Waals surface area contributed by atoms with Gasteiger partial charge in [-0.2, -0.15) is 0 Å². The molecular weight excluding hydrogens is 176 g/mol. The minimum atomic E-state index is -0.225. The minimum Gasteiger partial charge on any atom is -0.359 e. The zero-order chi connectivity index (χ0) is 11.0. The Kier molecular flexibility index (Phi) is 6.54. The van der Waals surface area contributed by atoms with Gasteiger partial charge in [0.2, 0.25) is 5.91 Å². The van der Waals surface area contributed by atoms with Crippen molar-refractivity contribution < 1.29 is 4.79 Å². The molecular formula is C11H24N2O. The van der Waals surface area contributed by atoms with Crippen LogP contribution < -0.4 is 11.1 Å². The van der Waals surface area contributed by atoms with Crippen molar-refractivity contribution in [1.29, 1.82) is 0 Å². The van der Waals surface area contributed by atoms with E-state index in [4.69, 9.17) is 5.73 Å². The van der Waals surface area contributed by atoms with E-state index in [9.17, 15) is 4.79 Å². The van der Waals surface area contributed by atoms with E-state index in [0.717, 1.165) is 25.8 Å². The molecule has 1 amide bonds. The van der Waals surface area contributed by atoms with Gasteiger partial charge in [-0.3, -0.25) is 4.79 Å². The third-order valence-electron chi connectivity index (χ3n) is 2.60. The lowest BCUT2D eigenvalue weighted by molar-refractivity contribution is -0.129. The number of nitrogens with two attached hydrogens (primary N) is 1. The molecule has 3 N–H and O–H groups in total. The molecule has 14 heavy (non-hydrogen) atoms. The van der Waals surface area contributed by atoms with Crippen molar-refractivity contribution >= 4 is 5.91 Å². The van der Waals surface area contributed by atoms with Crippen LogP contribution in [0.3, 0.4) is 0 Å². The predicted molar refractivity (Wildman–Crippen MR) is 60.0 cm³/mol. The maximum absolute atomic E-state index is 11.4. The topological polar surface area (TPSA) is 55.1 Å². The Morgan fingerprint density at radius 3 is 2.29 bits per heavy atom. The molecule has 0 aromatic carbocycles. The Morgan fingerprint density at radius 1 is 1.21 bits per heavy atom. The molecule has 0 radical (unpaired) electrons. The lowest BCUT2D eigenvalue weighted by Gasteiger charge is -2.22. The SMILES string of the molecule is CNC(=O)C(C)(C)CCCCCCN. The Hall–Kier alpha value is -0.570.